The molecule has 1 aromatic heterocycles. The van der Waals surface area contributed by atoms with Crippen molar-refractivity contribution < 1.29 is 9.32 Å². The first-order valence-electron chi connectivity index (χ1n) is 8.13. The van der Waals surface area contributed by atoms with Crippen LogP contribution in [0.3, 0.4) is 0 Å². The van der Waals surface area contributed by atoms with Gasteiger partial charge in [0.1, 0.15) is 5.76 Å². The summed E-state index contributed by atoms with van der Waals surface area (Å²) in [4.78, 5) is 12.4. The van der Waals surface area contributed by atoms with Crippen molar-refractivity contribution in [2.45, 2.75) is 50.0 Å². The number of carbonyl (C=O) groups is 1. The third-order valence-electron chi connectivity index (χ3n) is 4.80. The number of aromatic nitrogens is 1. The molecule has 2 saturated carbocycles. The minimum Gasteiger partial charge on any atom is -0.360 e. The van der Waals surface area contributed by atoms with Gasteiger partial charge in [0, 0.05) is 23.9 Å². The minimum atomic E-state index is -0.108. The molecule has 0 bridgehead atoms. The van der Waals surface area contributed by atoms with Gasteiger partial charge in [0.05, 0.1) is 0 Å². The van der Waals surface area contributed by atoms with Gasteiger partial charge in [-0.25, -0.2) is 0 Å². The molecule has 22 heavy (non-hydrogen) atoms. The number of amides is 1. The molecule has 0 aliphatic heterocycles. The standard InChI is InChI=1S/C18H20N2O2/c21-18(16-11-17(22-20-16)13-9-10-13)19-15-8-4-7-14(15)12-5-2-1-3-6-12/h1-3,5-6,11,13-15H,4,7-10H2,(H,19,21). The molecular formula is C18H20N2O2. The lowest BCUT2D eigenvalue weighted by Gasteiger charge is -2.20. The van der Waals surface area contributed by atoms with Crippen LogP contribution in [-0.4, -0.2) is 17.1 Å². The van der Waals surface area contributed by atoms with Crippen LogP contribution in [0.1, 0.15) is 65.8 Å². The molecule has 2 unspecified atom stereocenters. The van der Waals surface area contributed by atoms with E-state index >= 15 is 0 Å². The molecule has 2 aliphatic carbocycles. The monoisotopic (exact) mass is 296 g/mol. The molecule has 1 heterocycles. The molecule has 2 aromatic rings. The van der Waals surface area contributed by atoms with E-state index in [0.29, 0.717) is 17.5 Å². The highest BCUT2D eigenvalue weighted by atomic mass is 16.5. The number of nitrogens with zero attached hydrogens (tertiary/aromatic N) is 1. The van der Waals surface area contributed by atoms with E-state index in [1.807, 2.05) is 6.07 Å². The van der Waals surface area contributed by atoms with E-state index in [4.69, 9.17) is 4.52 Å². The van der Waals surface area contributed by atoms with E-state index in [0.717, 1.165) is 37.9 Å². The Hall–Kier alpha value is -2.10. The first-order chi connectivity index (χ1) is 10.8. The molecular weight excluding hydrogens is 276 g/mol. The number of hydrogen-bond donors (Lipinski definition) is 1. The molecule has 2 fully saturated rings. The van der Waals surface area contributed by atoms with E-state index in [2.05, 4.69) is 34.7 Å². The lowest BCUT2D eigenvalue weighted by atomic mass is 9.94. The van der Waals surface area contributed by atoms with Crippen LogP contribution in [-0.2, 0) is 0 Å². The van der Waals surface area contributed by atoms with Gasteiger partial charge in [-0.1, -0.05) is 41.9 Å². The Morgan fingerprint density at radius 3 is 2.73 bits per heavy atom. The summed E-state index contributed by atoms with van der Waals surface area (Å²) in [5.41, 5.74) is 1.73. The highest BCUT2D eigenvalue weighted by molar-refractivity contribution is 5.92. The highest BCUT2D eigenvalue weighted by Crippen LogP contribution is 2.40. The smallest absolute Gasteiger partial charge is 0.273 e. The predicted octanol–water partition coefficient (Wildman–Crippen LogP) is 3.62. The number of rotatable bonds is 4. The molecule has 4 nitrogen and oxygen atoms in total. The second-order valence-electron chi connectivity index (χ2n) is 6.42. The maximum absolute atomic E-state index is 12.4. The Morgan fingerprint density at radius 2 is 1.95 bits per heavy atom. The third kappa shape index (κ3) is 2.65. The summed E-state index contributed by atoms with van der Waals surface area (Å²) in [5.74, 6) is 1.64. The van der Waals surface area contributed by atoms with Gasteiger partial charge in [-0.15, -0.1) is 0 Å². The number of carbonyl (C=O) groups excluding carboxylic acids is 1. The Balaban J connectivity index is 1.45. The molecule has 1 amide bonds. The first kappa shape index (κ1) is 13.6. The Morgan fingerprint density at radius 1 is 1.14 bits per heavy atom. The summed E-state index contributed by atoms with van der Waals surface area (Å²) in [6.07, 6.45) is 5.60. The lowest BCUT2D eigenvalue weighted by molar-refractivity contribution is 0.0925. The third-order valence-corrected chi connectivity index (χ3v) is 4.80. The van der Waals surface area contributed by atoms with E-state index in [9.17, 15) is 4.79 Å². The quantitative estimate of drug-likeness (QED) is 0.937. The van der Waals surface area contributed by atoms with E-state index < -0.39 is 0 Å². The summed E-state index contributed by atoms with van der Waals surface area (Å²) < 4.78 is 5.27. The summed E-state index contributed by atoms with van der Waals surface area (Å²) in [7, 11) is 0. The Labute approximate surface area is 129 Å². The Bertz CT molecular complexity index is 661. The molecule has 4 rings (SSSR count). The maximum atomic E-state index is 12.4. The molecule has 0 radical (unpaired) electrons. The molecule has 2 atom stereocenters. The van der Waals surface area contributed by atoms with Crippen molar-refractivity contribution in [1.29, 1.82) is 0 Å². The highest BCUT2D eigenvalue weighted by Gasteiger charge is 2.32. The van der Waals surface area contributed by atoms with Gasteiger partial charge in [0.25, 0.3) is 5.91 Å². The summed E-state index contributed by atoms with van der Waals surface area (Å²) in [6.45, 7) is 0. The fourth-order valence-corrected chi connectivity index (χ4v) is 3.43. The van der Waals surface area contributed by atoms with Crippen LogP contribution in [0.5, 0.6) is 0 Å². The van der Waals surface area contributed by atoms with Crippen molar-refractivity contribution in [3.8, 4) is 0 Å². The van der Waals surface area contributed by atoms with E-state index in [1.54, 1.807) is 6.07 Å². The van der Waals surface area contributed by atoms with Gasteiger partial charge in [-0.05, 0) is 31.2 Å². The number of hydrogen-bond acceptors (Lipinski definition) is 3. The van der Waals surface area contributed by atoms with Gasteiger partial charge in [-0.3, -0.25) is 4.79 Å². The molecule has 2 aliphatic rings. The minimum absolute atomic E-state index is 0.108. The molecule has 114 valence electrons. The van der Waals surface area contributed by atoms with Gasteiger partial charge in [0.15, 0.2) is 5.69 Å². The fourth-order valence-electron chi connectivity index (χ4n) is 3.43. The maximum Gasteiger partial charge on any atom is 0.273 e. The largest absolute Gasteiger partial charge is 0.360 e. The molecule has 1 N–H and O–H groups in total. The van der Waals surface area contributed by atoms with Crippen LogP contribution in [0.15, 0.2) is 40.9 Å². The van der Waals surface area contributed by atoms with Crippen molar-refractivity contribution in [3.05, 3.63) is 53.4 Å². The van der Waals surface area contributed by atoms with Crippen LogP contribution < -0.4 is 5.32 Å². The zero-order valence-electron chi connectivity index (χ0n) is 12.5. The average Bonchev–Trinajstić information content (AvgIpc) is 3.10. The van der Waals surface area contributed by atoms with Crippen LogP contribution in [0.4, 0.5) is 0 Å². The molecule has 0 spiro atoms. The molecule has 4 heteroatoms. The van der Waals surface area contributed by atoms with E-state index in [1.165, 1.54) is 5.56 Å². The number of benzene rings is 1. The van der Waals surface area contributed by atoms with Crippen LogP contribution in [0.25, 0.3) is 0 Å². The zero-order valence-corrected chi connectivity index (χ0v) is 12.5. The second-order valence-corrected chi connectivity index (χ2v) is 6.42. The van der Waals surface area contributed by atoms with Crippen molar-refractivity contribution >= 4 is 5.91 Å². The van der Waals surface area contributed by atoms with Crippen molar-refractivity contribution in [1.82, 2.24) is 10.5 Å². The predicted molar refractivity (Wildman–Crippen MR) is 82.8 cm³/mol. The summed E-state index contributed by atoms with van der Waals surface area (Å²) in [5, 5.41) is 7.09. The summed E-state index contributed by atoms with van der Waals surface area (Å²) >= 11 is 0. The second kappa shape index (κ2) is 5.59. The summed E-state index contributed by atoms with van der Waals surface area (Å²) in [6, 6.07) is 12.4. The SMILES string of the molecule is O=C(NC1CCCC1c1ccccc1)c1cc(C2CC2)on1. The van der Waals surface area contributed by atoms with Crippen LogP contribution in [0, 0.1) is 0 Å². The first-order valence-corrected chi connectivity index (χ1v) is 8.13. The zero-order chi connectivity index (χ0) is 14.9. The molecule has 0 saturated heterocycles. The average molecular weight is 296 g/mol. The fraction of sp³-hybridized carbons (Fsp3) is 0.444. The number of nitrogens with one attached hydrogen (secondary N) is 1. The van der Waals surface area contributed by atoms with Crippen molar-refractivity contribution in [2.24, 2.45) is 0 Å². The van der Waals surface area contributed by atoms with Gasteiger partial charge < -0.3 is 9.84 Å². The Kier molecular flexibility index (Phi) is 3.45. The van der Waals surface area contributed by atoms with Gasteiger partial charge in [-0.2, -0.15) is 0 Å². The van der Waals surface area contributed by atoms with Crippen molar-refractivity contribution in [3.63, 3.8) is 0 Å². The normalized spacial score (nSPS) is 24.4. The van der Waals surface area contributed by atoms with Gasteiger partial charge >= 0.3 is 0 Å². The van der Waals surface area contributed by atoms with Gasteiger partial charge in [0.2, 0.25) is 0 Å². The van der Waals surface area contributed by atoms with Crippen LogP contribution in [0.2, 0.25) is 0 Å². The topological polar surface area (TPSA) is 55.1 Å². The van der Waals surface area contributed by atoms with Crippen LogP contribution >= 0.6 is 0 Å². The van der Waals surface area contributed by atoms with E-state index in [-0.39, 0.29) is 11.9 Å². The van der Waals surface area contributed by atoms with Crippen molar-refractivity contribution in [2.75, 3.05) is 0 Å². The lowest BCUT2D eigenvalue weighted by Crippen LogP contribution is -2.36. The molecule has 1 aromatic carbocycles.